The highest BCUT2D eigenvalue weighted by Crippen LogP contribution is 2.35. The number of benzene rings is 1. The summed E-state index contributed by atoms with van der Waals surface area (Å²) in [7, 11) is 0. The van der Waals surface area contributed by atoms with Gasteiger partial charge >= 0.3 is 0 Å². The van der Waals surface area contributed by atoms with E-state index in [1.54, 1.807) is 12.3 Å². The van der Waals surface area contributed by atoms with Gasteiger partial charge in [0.2, 0.25) is 0 Å². The Hall–Kier alpha value is -2.17. The fourth-order valence-electron chi connectivity index (χ4n) is 3.01. The molecule has 5 heteroatoms. The van der Waals surface area contributed by atoms with Gasteiger partial charge in [-0.05, 0) is 54.4 Å². The van der Waals surface area contributed by atoms with Crippen LogP contribution >= 0.6 is 11.6 Å². The van der Waals surface area contributed by atoms with Gasteiger partial charge in [0.15, 0.2) is 0 Å². The Balaban J connectivity index is 1.89. The average molecular weight is 328 g/mol. The number of aromatic amines is 1. The summed E-state index contributed by atoms with van der Waals surface area (Å²) in [6.45, 7) is 1.85. The van der Waals surface area contributed by atoms with Crippen LogP contribution in [0, 0.1) is 5.82 Å². The van der Waals surface area contributed by atoms with Gasteiger partial charge in [0.25, 0.3) is 0 Å². The molecule has 0 bridgehead atoms. The maximum absolute atomic E-state index is 13.6. The first kappa shape index (κ1) is 14.4. The minimum absolute atomic E-state index is 0.300. The lowest BCUT2D eigenvalue weighted by Crippen LogP contribution is -2.20. The SMILES string of the molecule is Fc1ccc(Cl)c(-c2ccnc3[nH]c(C4=CCNCC4)cc23)c1. The highest BCUT2D eigenvalue weighted by molar-refractivity contribution is 6.33. The molecule has 3 aromatic rings. The van der Waals surface area contributed by atoms with Gasteiger partial charge in [-0.2, -0.15) is 0 Å². The Morgan fingerprint density at radius 3 is 2.87 bits per heavy atom. The summed E-state index contributed by atoms with van der Waals surface area (Å²) < 4.78 is 13.6. The normalized spacial score (nSPS) is 15.0. The lowest BCUT2D eigenvalue weighted by Gasteiger charge is -2.12. The molecule has 0 saturated carbocycles. The van der Waals surface area contributed by atoms with Gasteiger partial charge in [-0.15, -0.1) is 0 Å². The number of halogens is 2. The van der Waals surface area contributed by atoms with Crippen LogP contribution in [-0.4, -0.2) is 23.1 Å². The Labute approximate surface area is 138 Å². The van der Waals surface area contributed by atoms with Crippen molar-refractivity contribution in [1.29, 1.82) is 0 Å². The number of nitrogens with one attached hydrogen (secondary N) is 2. The first-order chi connectivity index (χ1) is 11.2. The molecule has 0 unspecified atom stereocenters. The van der Waals surface area contributed by atoms with E-state index < -0.39 is 0 Å². The van der Waals surface area contributed by atoms with Gasteiger partial charge in [0, 0.05) is 34.4 Å². The van der Waals surface area contributed by atoms with Gasteiger partial charge in [-0.1, -0.05) is 17.7 Å². The van der Waals surface area contributed by atoms with E-state index in [1.165, 1.54) is 17.7 Å². The van der Waals surface area contributed by atoms with Gasteiger partial charge < -0.3 is 10.3 Å². The molecule has 2 N–H and O–H groups in total. The molecule has 3 nitrogen and oxygen atoms in total. The van der Waals surface area contributed by atoms with Crippen LogP contribution in [0.3, 0.4) is 0 Å². The number of fused-ring (bicyclic) bond motifs is 1. The summed E-state index contributed by atoms with van der Waals surface area (Å²) in [5.41, 5.74) is 4.70. The van der Waals surface area contributed by atoms with Crippen molar-refractivity contribution in [3.63, 3.8) is 0 Å². The number of rotatable bonds is 2. The third kappa shape index (κ3) is 2.64. The summed E-state index contributed by atoms with van der Waals surface area (Å²) in [4.78, 5) is 7.77. The van der Waals surface area contributed by atoms with E-state index in [9.17, 15) is 4.39 Å². The number of pyridine rings is 1. The van der Waals surface area contributed by atoms with Crippen molar-refractivity contribution in [1.82, 2.24) is 15.3 Å². The molecule has 1 aliphatic rings. The maximum Gasteiger partial charge on any atom is 0.138 e. The number of aromatic nitrogens is 2. The number of hydrogen-bond donors (Lipinski definition) is 2. The molecular formula is C18H15ClFN3. The Morgan fingerprint density at radius 2 is 2.04 bits per heavy atom. The molecule has 0 atom stereocenters. The van der Waals surface area contributed by atoms with Crippen molar-refractivity contribution >= 4 is 28.2 Å². The summed E-state index contributed by atoms with van der Waals surface area (Å²) in [6.07, 6.45) is 4.88. The van der Waals surface area contributed by atoms with Crippen LogP contribution < -0.4 is 5.32 Å². The Morgan fingerprint density at radius 1 is 1.13 bits per heavy atom. The smallest absolute Gasteiger partial charge is 0.138 e. The van der Waals surface area contributed by atoms with Crippen LogP contribution in [0.15, 0.2) is 42.6 Å². The predicted molar refractivity (Wildman–Crippen MR) is 92.0 cm³/mol. The van der Waals surface area contributed by atoms with Crippen molar-refractivity contribution < 1.29 is 4.39 Å². The lowest BCUT2D eigenvalue weighted by molar-refractivity contribution is 0.628. The predicted octanol–water partition coefficient (Wildman–Crippen LogP) is 4.40. The minimum Gasteiger partial charge on any atom is -0.339 e. The van der Waals surface area contributed by atoms with Crippen LogP contribution in [0.1, 0.15) is 12.1 Å². The molecular weight excluding hydrogens is 313 g/mol. The molecule has 1 aromatic carbocycles. The zero-order chi connectivity index (χ0) is 15.8. The molecule has 0 aliphatic carbocycles. The van der Waals surface area contributed by atoms with E-state index in [1.807, 2.05) is 6.07 Å². The first-order valence-electron chi connectivity index (χ1n) is 7.55. The third-order valence-electron chi connectivity index (χ3n) is 4.16. The van der Waals surface area contributed by atoms with Crippen LogP contribution in [-0.2, 0) is 0 Å². The molecule has 3 heterocycles. The number of H-pyrrole nitrogens is 1. The molecule has 0 spiro atoms. The third-order valence-corrected chi connectivity index (χ3v) is 4.49. The quantitative estimate of drug-likeness (QED) is 0.732. The van der Waals surface area contributed by atoms with Crippen molar-refractivity contribution in [3.8, 4) is 11.1 Å². The number of hydrogen-bond acceptors (Lipinski definition) is 2. The van der Waals surface area contributed by atoms with Crippen LogP contribution in [0.25, 0.3) is 27.7 Å². The second-order valence-corrected chi connectivity index (χ2v) is 6.02. The van der Waals surface area contributed by atoms with Gasteiger partial charge in [0.05, 0.1) is 0 Å². The van der Waals surface area contributed by atoms with Crippen molar-refractivity contribution in [2.24, 2.45) is 0 Å². The van der Waals surface area contributed by atoms with Gasteiger partial charge in [-0.3, -0.25) is 0 Å². The van der Waals surface area contributed by atoms with E-state index in [-0.39, 0.29) is 5.82 Å². The van der Waals surface area contributed by atoms with E-state index >= 15 is 0 Å². The van der Waals surface area contributed by atoms with E-state index in [4.69, 9.17) is 11.6 Å². The Bertz CT molecular complexity index is 914. The van der Waals surface area contributed by atoms with Crippen molar-refractivity contribution in [2.45, 2.75) is 6.42 Å². The molecule has 0 amide bonds. The molecule has 1 aliphatic heterocycles. The molecule has 2 aromatic heterocycles. The molecule has 0 fully saturated rings. The van der Waals surface area contributed by atoms with Crippen LogP contribution in [0.4, 0.5) is 4.39 Å². The zero-order valence-electron chi connectivity index (χ0n) is 12.4. The molecule has 0 saturated heterocycles. The van der Waals surface area contributed by atoms with Gasteiger partial charge in [-0.25, -0.2) is 9.37 Å². The first-order valence-corrected chi connectivity index (χ1v) is 7.93. The fourth-order valence-corrected chi connectivity index (χ4v) is 3.23. The van der Waals surface area contributed by atoms with E-state index in [2.05, 4.69) is 27.4 Å². The molecule has 4 rings (SSSR count). The zero-order valence-corrected chi connectivity index (χ0v) is 13.1. The van der Waals surface area contributed by atoms with E-state index in [0.717, 1.165) is 41.8 Å². The average Bonchev–Trinajstić information content (AvgIpc) is 3.02. The fraction of sp³-hybridized carbons (Fsp3) is 0.167. The monoisotopic (exact) mass is 327 g/mol. The van der Waals surface area contributed by atoms with Crippen LogP contribution in [0.2, 0.25) is 5.02 Å². The Kier molecular flexibility index (Phi) is 3.63. The highest BCUT2D eigenvalue weighted by atomic mass is 35.5. The van der Waals surface area contributed by atoms with Crippen LogP contribution in [0.5, 0.6) is 0 Å². The molecule has 0 radical (unpaired) electrons. The summed E-state index contributed by atoms with van der Waals surface area (Å²) in [5, 5.41) is 4.79. The van der Waals surface area contributed by atoms with E-state index in [0.29, 0.717) is 10.6 Å². The van der Waals surface area contributed by atoms with Crippen molar-refractivity contribution in [2.75, 3.05) is 13.1 Å². The summed E-state index contributed by atoms with van der Waals surface area (Å²) in [5.74, 6) is -0.300. The van der Waals surface area contributed by atoms with Gasteiger partial charge in [0.1, 0.15) is 11.5 Å². The summed E-state index contributed by atoms with van der Waals surface area (Å²) >= 11 is 6.27. The highest BCUT2D eigenvalue weighted by Gasteiger charge is 2.14. The number of nitrogens with zero attached hydrogens (tertiary/aromatic N) is 1. The standard InChI is InChI=1S/C18H15ClFN3/c19-16-2-1-12(20)9-14(16)13-5-8-22-18-15(13)10-17(23-18)11-3-6-21-7-4-11/h1-3,5,8-10,21H,4,6-7H2,(H,22,23). The topological polar surface area (TPSA) is 40.7 Å². The molecule has 116 valence electrons. The second kappa shape index (κ2) is 5.80. The summed E-state index contributed by atoms with van der Waals surface area (Å²) in [6, 6.07) is 8.37. The second-order valence-electron chi connectivity index (χ2n) is 5.61. The molecule has 23 heavy (non-hydrogen) atoms. The maximum atomic E-state index is 13.6. The largest absolute Gasteiger partial charge is 0.339 e. The van der Waals surface area contributed by atoms with Crippen molar-refractivity contribution in [3.05, 3.63) is 59.1 Å². The minimum atomic E-state index is -0.300. The lowest BCUT2D eigenvalue weighted by atomic mass is 10.0.